The zero-order valence-electron chi connectivity index (χ0n) is 13.0. The van der Waals surface area contributed by atoms with Gasteiger partial charge in [0.05, 0.1) is 12.0 Å². The summed E-state index contributed by atoms with van der Waals surface area (Å²) in [5.41, 5.74) is 2.36. The van der Waals surface area contributed by atoms with Gasteiger partial charge in [0, 0.05) is 12.1 Å². The largest absolute Gasteiger partial charge is 0.481 e. The summed E-state index contributed by atoms with van der Waals surface area (Å²) < 4.78 is 0. The lowest BCUT2D eigenvalue weighted by Gasteiger charge is -2.39. The zero-order chi connectivity index (χ0) is 15.5. The molecule has 2 atom stereocenters. The van der Waals surface area contributed by atoms with Gasteiger partial charge in [-0.1, -0.05) is 19.3 Å². The van der Waals surface area contributed by atoms with Crippen molar-refractivity contribution in [1.82, 2.24) is 15.8 Å². The van der Waals surface area contributed by atoms with Crippen LogP contribution in [0, 0.1) is 0 Å². The quantitative estimate of drug-likeness (QED) is 0.743. The van der Waals surface area contributed by atoms with Crippen molar-refractivity contribution >= 4 is 12.0 Å². The highest BCUT2D eigenvalue weighted by atomic mass is 16.4. The van der Waals surface area contributed by atoms with Gasteiger partial charge in [-0.15, -0.1) is 0 Å². The maximum Gasteiger partial charge on any atom is 0.329 e. The Morgan fingerprint density at radius 3 is 2.24 bits per heavy atom. The minimum absolute atomic E-state index is 0.00548. The van der Waals surface area contributed by atoms with Crippen LogP contribution in [-0.2, 0) is 4.79 Å². The van der Waals surface area contributed by atoms with E-state index in [4.69, 9.17) is 5.11 Å². The standard InChI is InChI=1S/C15H27N3O3/c1-11-6-5-7-12(2)18(11)17-14(21)16-15(10-13(19)20)8-3-4-9-15/h11-12H,3-10H2,1-2H3,(H,19,20)(H2,16,17,21). The molecule has 1 aliphatic carbocycles. The van der Waals surface area contributed by atoms with E-state index in [0.29, 0.717) is 12.1 Å². The van der Waals surface area contributed by atoms with E-state index < -0.39 is 11.5 Å². The van der Waals surface area contributed by atoms with Gasteiger partial charge >= 0.3 is 12.0 Å². The topological polar surface area (TPSA) is 81.7 Å². The van der Waals surface area contributed by atoms with Gasteiger partial charge in [0.25, 0.3) is 0 Å². The summed E-state index contributed by atoms with van der Waals surface area (Å²) in [6.07, 6.45) is 6.79. The van der Waals surface area contributed by atoms with Crippen LogP contribution in [0.2, 0.25) is 0 Å². The molecule has 21 heavy (non-hydrogen) atoms. The van der Waals surface area contributed by atoms with Crippen molar-refractivity contribution in [3.63, 3.8) is 0 Å². The highest BCUT2D eigenvalue weighted by Crippen LogP contribution is 2.32. The molecule has 6 nitrogen and oxygen atoms in total. The van der Waals surface area contributed by atoms with Crippen LogP contribution in [0.3, 0.4) is 0 Å². The predicted octanol–water partition coefficient (Wildman–Crippen LogP) is 2.25. The first-order valence-electron chi connectivity index (χ1n) is 8.01. The fourth-order valence-electron chi connectivity index (χ4n) is 3.71. The fourth-order valence-corrected chi connectivity index (χ4v) is 3.71. The molecular weight excluding hydrogens is 270 g/mol. The van der Waals surface area contributed by atoms with Crippen LogP contribution >= 0.6 is 0 Å². The number of aliphatic carboxylic acids is 1. The van der Waals surface area contributed by atoms with Crippen molar-refractivity contribution in [2.24, 2.45) is 0 Å². The molecule has 120 valence electrons. The molecule has 2 amide bonds. The van der Waals surface area contributed by atoms with E-state index >= 15 is 0 Å². The maximum atomic E-state index is 12.3. The number of amides is 2. The number of carboxylic acid groups (broad SMARTS) is 1. The number of carboxylic acids is 1. The molecule has 2 unspecified atom stereocenters. The number of piperidine rings is 1. The Kier molecular flexibility index (Phi) is 5.08. The summed E-state index contributed by atoms with van der Waals surface area (Å²) in [6.45, 7) is 4.22. The van der Waals surface area contributed by atoms with Crippen molar-refractivity contribution in [3.8, 4) is 0 Å². The third-order valence-corrected chi connectivity index (χ3v) is 4.85. The summed E-state index contributed by atoms with van der Waals surface area (Å²) >= 11 is 0. The van der Waals surface area contributed by atoms with Crippen LogP contribution in [0.25, 0.3) is 0 Å². The summed E-state index contributed by atoms with van der Waals surface area (Å²) in [7, 11) is 0. The van der Waals surface area contributed by atoms with E-state index in [2.05, 4.69) is 24.6 Å². The molecule has 1 heterocycles. The molecule has 0 spiro atoms. The second kappa shape index (κ2) is 6.64. The molecule has 0 radical (unpaired) electrons. The third-order valence-electron chi connectivity index (χ3n) is 4.85. The molecular formula is C15H27N3O3. The number of nitrogens with zero attached hydrogens (tertiary/aromatic N) is 1. The molecule has 2 fully saturated rings. The highest BCUT2D eigenvalue weighted by Gasteiger charge is 2.38. The van der Waals surface area contributed by atoms with Crippen LogP contribution in [0.15, 0.2) is 0 Å². The first kappa shape index (κ1) is 16.1. The first-order chi connectivity index (χ1) is 9.92. The van der Waals surface area contributed by atoms with E-state index in [-0.39, 0.29) is 12.5 Å². The Morgan fingerprint density at radius 2 is 1.71 bits per heavy atom. The number of hydrogen-bond donors (Lipinski definition) is 3. The lowest BCUT2D eigenvalue weighted by Crippen LogP contribution is -2.60. The summed E-state index contributed by atoms with van der Waals surface area (Å²) in [5, 5.41) is 14.0. The normalized spacial score (nSPS) is 29.0. The van der Waals surface area contributed by atoms with Crippen LogP contribution in [0.1, 0.15) is 65.2 Å². The molecule has 1 saturated carbocycles. The van der Waals surface area contributed by atoms with Crippen molar-refractivity contribution in [3.05, 3.63) is 0 Å². The Balaban J connectivity index is 1.94. The van der Waals surface area contributed by atoms with E-state index in [1.54, 1.807) is 0 Å². The summed E-state index contributed by atoms with van der Waals surface area (Å²) in [5.74, 6) is -0.850. The van der Waals surface area contributed by atoms with E-state index in [1.807, 2.05) is 5.01 Å². The molecule has 0 aromatic rings. The Bertz CT molecular complexity index is 384. The van der Waals surface area contributed by atoms with Gasteiger partial charge in [-0.3, -0.25) is 10.2 Å². The molecule has 1 aliphatic heterocycles. The number of hydrogen-bond acceptors (Lipinski definition) is 3. The first-order valence-corrected chi connectivity index (χ1v) is 8.01. The second-order valence-electron chi connectivity index (χ2n) is 6.66. The van der Waals surface area contributed by atoms with Crippen LogP contribution in [-0.4, -0.2) is 39.7 Å². The van der Waals surface area contributed by atoms with Crippen molar-refractivity contribution in [2.75, 3.05) is 0 Å². The van der Waals surface area contributed by atoms with Crippen LogP contribution in [0.5, 0.6) is 0 Å². The van der Waals surface area contributed by atoms with Gasteiger partial charge in [0.1, 0.15) is 0 Å². The zero-order valence-corrected chi connectivity index (χ0v) is 13.0. The Labute approximate surface area is 126 Å². The molecule has 6 heteroatoms. The average Bonchev–Trinajstić information content (AvgIpc) is 2.81. The molecule has 0 aromatic carbocycles. The smallest absolute Gasteiger partial charge is 0.329 e. The Hall–Kier alpha value is -1.30. The molecule has 3 N–H and O–H groups in total. The van der Waals surface area contributed by atoms with Gasteiger partial charge in [-0.05, 0) is 39.5 Å². The van der Waals surface area contributed by atoms with Gasteiger partial charge in [0.2, 0.25) is 0 Å². The molecule has 2 rings (SSSR count). The second-order valence-corrected chi connectivity index (χ2v) is 6.66. The number of nitrogens with one attached hydrogen (secondary N) is 2. The molecule has 0 aromatic heterocycles. The van der Waals surface area contributed by atoms with Crippen molar-refractivity contribution in [2.45, 2.75) is 82.8 Å². The SMILES string of the molecule is CC1CCCC(C)N1NC(=O)NC1(CC(=O)O)CCCC1. The van der Waals surface area contributed by atoms with Crippen molar-refractivity contribution < 1.29 is 14.7 Å². The van der Waals surface area contributed by atoms with E-state index in [0.717, 1.165) is 38.5 Å². The molecule has 2 aliphatic rings. The number of carbonyl (C=O) groups excluding carboxylic acids is 1. The lowest BCUT2D eigenvalue weighted by atomic mass is 9.93. The minimum atomic E-state index is -0.850. The van der Waals surface area contributed by atoms with Gasteiger partial charge < -0.3 is 10.4 Å². The maximum absolute atomic E-state index is 12.3. The highest BCUT2D eigenvalue weighted by molar-refractivity contribution is 5.76. The number of rotatable bonds is 4. The number of urea groups is 1. The van der Waals surface area contributed by atoms with E-state index in [1.165, 1.54) is 6.42 Å². The predicted molar refractivity (Wildman–Crippen MR) is 79.7 cm³/mol. The monoisotopic (exact) mass is 297 g/mol. The number of carbonyl (C=O) groups is 2. The minimum Gasteiger partial charge on any atom is -0.481 e. The summed E-state index contributed by atoms with van der Waals surface area (Å²) in [4.78, 5) is 23.3. The molecule has 0 bridgehead atoms. The Morgan fingerprint density at radius 1 is 1.14 bits per heavy atom. The van der Waals surface area contributed by atoms with Crippen LogP contribution in [0.4, 0.5) is 4.79 Å². The van der Waals surface area contributed by atoms with Gasteiger partial charge in [-0.25, -0.2) is 9.80 Å². The molecule has 1 saturated heterocycles. The summed E-state index contributed by atoms with van der Waals surface area (Å²) in [6, 6.07) is 0.371. The van der Waals surface area contributed by atoms with E-state index in [9.17, 15) is 9.59 Å². The van der Waals surface area contributed by atoms with Gasteiger partial charge in [0.15, 0.2) is 0 Å². The fraction of sp³-hybridized carbons (Fsp3) is 0.867. The number of hydrazine groups is 1. The average molecular weight is 297 g/mol. The van der Waals surface area contributed by atoms with Crippen molar-refractivity contribution in [1.29, 1.82) is 0 Å². The lowest BCUT2D eigenvalue weighted by molar-refractivity contribution is -0.138. The van der Waals surface area contributed by atoms with Gasteiger partial charge in [-0.2, -0.15) is 0 Å². The third kappa shape index (κ3) is 4.09. The van der Waals surface area contributed by atoms with Crippen LogP contribution < -0.4 is 10.7 Å².